The zero-order valence-electron chi connectivity index (χ0n) is 16.9. The first-order chi connectivity index (χ1) is 12.6. The molecule has 0 aromatic heterocycles. The van der Waals surface area contributed by atoms with E-state index in [2.05, 4.69) is 41.0 Å². The van der Waals surface area contributed by atoms with E-state index in [-0.39, 0.29) is 43.1 Å². The summed E-state index contributed by atoms with van der Waals surface area (Å²) < 4.78 is 5.93. The average molecular weight is 465 g/mol. The third-order valence-electron chi connectivity index (χ3n) is 3.83. The number of carbonyl (C=O) groups is 1. The van der Waals surface area contributed by atoms with Crippen LogP contribution in [-0.2, 0) is 11.2 Å². The first kappa shape index (κ1) is 29.7. The molecule has 2 N–H and O–H groups in total. The quantitative estimate of drug-likeness (QED) is 0.502. The molecule has 29 heavy (non-hydrogen) atoms. The molecule has 164 valence electrons. The van der Waals surface area contributed by atoms with Crippen LogP contribution in [0.1, 0.15) is 11.1 Å². The van der Waals surface area contributed by atoms with E-state index in [9.17, 15) is 4.79 Å². The molecule has 8 heteroatoms. The van der Waals surface area contributed by atoms with Gasteiger partial charge in [-0.2, -0.15) is 0 Å². The van der Waals surface area contributed by atoms with Gasteiger partial charge in [-0.15, -0.1) is 37.2 Å². The molecule has 0 aliphatic carbocycles. The summed E-state index contributed by atoms with van der Waals surface area (Å²) in [6.07, 6.45) is 0.863. The van der Waals surface area contributed by atoms with Gasteiger partial charge in [0, 0.05) is 26.1 Å². The van der Waals surface area contributed by atoms with Crippen LogP contribution in [0, 0.1) is 0 Å². The fourth-order valence-electron chi connectivity index (χ4n) is 2.60. The minimum absolute atomic E-state index is 0. The van der Waals surface area contributed by atoms with Crippen molar-refractivity contribution in [3.05, 3.63) is 65.7 Å². The second-order valence-electron chi connectivity index (χ2n) is 6.46. The Morgan fingerprint density at radius 2 is 1.55 bits per heavy atom. The van der Waals surface area contributed by atoms with Gasteiger partial charge in [-0.3, -0.25) is 4.79 Å². The molecule has 0 saturated heterocycles. The van der Waals surface area contributed by atoms with Crippen LogP contribution in [0.3, 0.4) is 0 Å². The van der Waals surface area contributed by atoms with E-state index >= 15 is 0 Å². The number of carbonyl (C=O) groups excluding carboxylic acids is 1. The number of rotatable bonds is 11. The van der Waals surface area contributed by atoms with Gasteiger partial charge in [-0.05, 0) is 31.3 Å². The van der Waals surface area contributed by atoms with Crippen molar-refractivity contribution in [2.75, 3.05) is 46.9 Å². The lowest BCUT2D eigenvalue weighted by Crippen LogP contribution is -2.37. The van der Waals surface area contributed by atoms with Crippen LogP contribution in [0.15, 0.2) is 54.6 Å². The Morgan fingerprint density at radius 1 is 0.897 bits per heavy atom. The van der Waals surface area contributed by atoms with Crippen molar-refractivity contribution >= 4 is 43.1 Å². The van der Waals surface area contributed by atoms with Crippen LogP contribution in [0.25, 0.3) is 0 Å². The molecule has 0 aliphatic heterocycles. The fraction of sp³-hybridized carbons (Fsp3) is 0.381. The molecule has 0 unspecified atom stereocenters. The van der Waals surface area contributed by atoms with Crippen molar-refractivity contribution in [2.24, 2.45) is 0 Å². The normalized spacial score (nSPS) is 9.62. The second-order valence-corrected chi connectivity index (χ2v) is 6.46. The van der Waals surface area contributed by atoms with Crippen molar-refractivity contribution in [3.63, 3.8) is 0 Å². The summed E-state index contributed by atoms with van der Waals surface area (Å²) in [6.45, 7) is 3.10. The summed E-state index contributed by atoms with van der Waals surface area (Å²) >= 11 is 0. The van der Waals surface area contributed by atoms with Gasteiger partial charge in [0.2, 0.25) is 5.91 Å². The zero-order chi connectivity index (χ0) is 18.6. The van der Waals surface area contributed by atoms with Crippen LogP contribution in [0.4, 0.5) is 0 Å². The Morgan fingerprint density at radius 3 is 2.24 bits per heavy atom. The highest BCUT2D eigenvalue weighted by Crippen LogP contribution is 2.21. The Kier molecular flexibility index (Phi) is 17.8. The number of amides is 1. The van der Waals surface area contributed by atoms with Crippen LogP contribution in [0.2, 0.25) is 0 Å². The molecule has 5 nitrogen and oxygen atoms in total. The standard InChI is InChI=1S/C21H29N3O2.3ClH/c1-24(2)17-21(25)23-13-12-22-14-15-26-20-11-7-6-10-19(20)16-18-8-4-3-5-9-18;;;/h3-11,22H,12-17H2,1-2H3,(H,23,25);3*1H. The SMILES string of the molecule is CN(C)CC(=O)NCCNCCOc1ccccc1Cc1ccccc1.Cl.Cl.Cl. The van der Waals surface area contributed by atoms with Crippen LogP contribution in [0.5, 0.6) is 5.75 Å². The number of para-hydroxylation sites is 1. The summed E-state index contributed by atoms with van der Waals surface area (Å²) in [5.41, 5.74) is 2.46. The summed E-state index contributed by atoms with van der Waals surface area (Å²) in [4.78, 5) is 13.4. The predicted molar refractivity (Wildman–Crippen MR) is 127 cm³/mol. The van der Waals surface area contributed by atoms with E-state index in [1.54, 1.807) is 0 Å². The molecular weight excluding hydrogens is 433 g/mol. The highest BCUT2D eigenvalue weighted by molar-refractivity contribution is 5.86. The molecule has 0 fully saturated rings. The molecule has 0 spiro atoms. The minimum Gasteiger partial charge on any atom is -0.492 e. The molecule has 2 rings (SSSR count). The van der Waals surface area contributed by atoms with E-state index < -0.39 is 0 Å². The number of hydrogen-bond donors (Lipinski definition) is 2. The first-order valence-electron chi connectivity index (χ1n) is 9.02. The number of likely N-dealkylation sites (N-methyl/N-ethyl adjacent to an activating group) is 1. The van der Waals surface area contributed by atoms with Crippen molar-refractivity contribution in [1.29, 1.82) is 0 Å². The van der Waals surface area contributed by atoms with Gasteiger partial charge in [0.15, 0.2) is 0 Å². The number of benzene rings is 2. The van der Waals surface area contributed by atoms with Crippen LogP contribution in [-0.4, -0.2) is 57.7 Å². The molecule has 0 heterocycles. The summed E-state index contributed by atoms with van der Waals surface area (Å²) in [5.74, 6) is 0.973. The maximum Gasteiger partial charge on any atom is 0.234 e. The van der Waals surface area contributed by atoms with E-state index in [1.165, 1.54) is 11.1 Å². The Bertz CT molecular complexity index is 673. The largest absolute Gasteiger partial charge is 0.492 e. The van der Waals surface area contributed by atoms with Gasteiger partial charge < -0.3 is 20.3 Å². The number of ether oxygens (including phenoxy) is 1. The van der Waals surface area contributed by atoms with Crippen molar-refractivity contribution in [1.82, 2.24) is 15.5 Å². The Labute approximate surface area is 192 Å². The molecule has 0 aliphatic rings. The minimum atomic E-state index is 0. The molecule has 0 atom stereocenters. The predicted octanol–water partition coefficient (Wildman–Crippen LogP) is 3.19. The number of nitrogens with zero attached hydrogens (tertiary/aromatic N) is 1. The molecule has 0 bridgehead atoms. The number of nitrogens with one attached hydrogen (secondary N) is 2. The molecule has 2 aromatic carbocycles. The van der Waals surface area contributed by atoms with Gasteiger partial charge in [-0.1, -0.05) is 48.5 Å². The number of hydrogen-bond acceptors (Lipinski definition) is 4. The fourth-order valence-corrected chi connectivity index (χ4v) is 2.60. The van der Waals surface area contributed by atoms with E-state index in [0.29, 0.717) is 19.7 Å². The van der Waals surface area contributed by atoms with Crippen molar-refractivity contribution in [2.45, 2.75) is 6.42 Å². The van der Waals surface area contributed by atoms with Gasteiger partial charge in [0.05, 0.1) is 6.54 Å². The highest BCUT2D eigenvalue weighted by Gasteiger charge is 2.04. The third kappa shape index (κ3) is 12.6. The average Bonchev–Trinajstić information content (AvgIpc) is 2.62. The second kappa shape index (κ2) is 17.4. The highest BCUT2D eigenvalue weighted by atomic mass is 35.5. The number of halogens is 3. The van der Waals surface area contributed by atoms with Gasteiger partial charge in [0.25, 0.3) is 0 Å². The lowest BCUT2D eigenvalue weighted by atomic mass is 10.0. The third-order valence-corrected chi connectivity index (χ3v) is 3.83. The smallest absolute Gasteiger partial charge is 0.234 e. The van der Waals surface area contributed by atoms with Crippen LogP contribution >= 0.6 is 37.2 Å². The zero-order valence-corrected chi connectivity index (χ0v) is 19.4. The topological polar surface area (TPSA) is 53.6 Å². The lowest BCUT2D eigenvalue weighted by molar-refractivity contribution is -0.121. The lowest BCUT2D eigenvalue weighted by Gasteiger charge is -2.13. The molecule has 1 amide bonds. The summed E-state index contributed by atoms with van der Waals surface area (Å²) in [6, 6.07) is 18.6. The van der Waals surface area contributed by atoms with Crippen LogP contribution < -0.4 is 15.4 Å². The van der Waals surface area contributed by atoms with Gasteiger partial charge in [0.1, 0.15) is 12.4 Å². The van der Waals surface area contributed by atoms with E-state index in [1.807, 2.05) is 43.3 Å². The van der Waals surface area contributed by atoms with E-state index in [0.717, 1.165) is 25.3 Å². The van der Waals surface area contributed by atoms with E-state index in [4.69, 9.17) is 4.74 Å². The maximum absolute atomic E-state index is 11.5. The van der Waals surface area contributed by atoms with Crippen molar-refractivity contribution in [3.8, 4) is 5.75 Å². The first-order valence-corrected chi connectivity index (χ1v) is 9.02. The molecule has 0 saturated carbocycles. The summed E-state index contributed by atoms with van der Waals surface area (Å²) in [7, 11) is 3.76. The molecular formula is C21H32Cl3N3O2. The maximum atomic E-state index is 11.5. The Balaban J connectivity index is 0. The van der Waals surface area contributed by atoms with Crippen molar-refractivity contribution < 1.29 is 9.53 Å². The molecule has 2 aromatic rings. The Hall–Kier alpha value is -1.50. The monoisotopic (exact) mass is 463 g/mol. The van der Waals surface area contributed by atoms with Gasteiger partial charge >= 0.3 is 0 Å². The molecule has 0 radical (unpaired) electrons. The summed E-state index contributed by atoms with van der Waals surface area (Å²) in [5, 5.41) is 6.16. The van der Waals surface area contributed by atoms with Gasteiger partial charge in [-0.25, -0.2) is 0 Å².